The molecule has 1 aromatic rings. The molecule has 1 N–H and O–H groups in total. The molecule has 112 valence electrons. The van der Waals surface area contributed by atoms with Crippen LogP contribution >= 0.6 is 0 Å². The first-order chi connectivity index (χ1) is 9.49. The molecule has 0 amide bonds. The summed E-state index contributed by atoms with van der Waals surface area (Å²) in [5.74, 6) is 2.07. The maximum absolute atomic E-state index is 4.67. The Kier molecular flexibility index (Phi) is 5.03. The van der Waals surface area contributed by atoms with E-state index < -0.39 is 0 Å². The number of hydrogen-bond acceptors (Lipinski definition) is 3. The molecule has 0 bridgehead atoms. The molecule has 3 heteroatoms. The van der Waals surface area contributed by atoms with Crippen molar-refractivity contribution in [2.75, 3.05) is 18.0 Å². The quantitative estimate of drug-likeness (QED) is 0.824. The first kappa shape index (κ1) is 15.3. The van der Waals surface area contributed by atoms with E-state index >= 15 is 0 Å². The van der Waals surface area contributed by atoms with Crippen molar-refractivity contribution in [3.63, 3.8) is 0 Å². The molecule has 1 aromatic heterocycles. The van der Waals surface area contributed by atoms with Crippen LogP contribution in [0.3, 0.4) is 0 Å². The number of aromatic nitrogens is 1. The molecule has 0 aromatic carbocycles. The zero-order valence-electron chi connectivity index (χ0n) is 13.4. The van der Waals surface area contributed by atoms with E-state index in [2.05, 4.69) is 49.0 Å². The summed E-state index contributed by atoms with van der Waals surface area (Å²) < 4.78 is 0. The minimum Gasteiger partial charge on any atom is -0.356 e. The van der Waals surface area contributed by atoms with Crippen LogP contribution in [0, 0.1) is 5.92 Å². The summed E-state index contributed by atoms with van der Waals surface area (Å²) in [6, 6.07) is 4.25. The minimum absolute atomic E-state index is 0.138. The second-order valence-electron chi connectivity index (χ2n) is 6.98. The summed E-state index contributed by atoms with van der Waals surface area (Å²) in [7, 11) is 0. The van der Waals surface area contributed by atoms with E-state index in [-0.39, 0.29) is 5.54 Å². The highest BCUT2D eigenvalue weighted by Crippen LogP contribution is 2.31. The van der Waals surface area contributed by atoms with Crippen LogP contribution in [0.4, 0.5) is 5.82 Å². The molecule has 0 saturated heterocycles. The van der Waals surface area contributed by atoms with Gasteiger partial charge in [0.25, 0.3) is 0 Å². The van der Waals surface area contributed by atoms with E-state index in [1.807, 2.05) is 12.3 Å². The fourth-order valence-corrected chi connectivity index (χ4v) is 2.38. The van der Waals surface area contributed by atoms with Crippen LogP contribution in [0.1, 0.15) is 52.5 Å². The van der Waals surface area contributed by atoms with Crippen LogP contribution in [0.2, 0.25) is 0 Å². The molecular formula is C17H29N3. The van der Waals surface area contributed by atoms with Crippen LogP contribution < -0.4 is 10.2 Å². The number of hydrogen-bond donors (Lipinski definition) is 1. The molecule has 20 heavy (non-hydrogen) atoms. The zero-order valence-corrected chi connectivity index (χ0v) is 13.4. The van der Waals surface area contributed by atoms with Gasteiger partial charge in [-0.3, -0.25) is 0 Å². The van der Waals surface area contributed by atoms with Gasteiger partial charge in [0.05, 0.1) is 0 Å². The Labute approximate surface area is 123 Å². The summed E-state index contributed by atoms with van der Waals surface area (Å²) in [6.45, 7) is 12.0. The summed E-state index contributed by atoms with van der Waals surface area (Å²) in [4.78, 5) is 7.15. The number of nitrogens with one attached hydrogen (secondary N) is 1. The highest BCUT2D eigenvalue weighted by atomic mass is 15.2. The lowest BCUT2D eigenvalue weighted by Crippen LogP contribution is -2.36. The van der Waals surface area contributed by atoms with Gasteiger partial charge >= 0.3 is 0 Å². The van der Waals surface area contributed by atoms with Crippen molar-refractivity contribution in [3.8, 4) is 0 Å². The fraction of sp³-hybridized carbons (Fsp3) is 0.706. The number of pyridine rings is 1. The molecule has 0 spiro atoms. The number of nitrogens with zero attached hydrogens (tertiary/aromatic N) is 2. The van der Waals surface area contributed by atoms with Gasteiger partial charge < -0.3 is 10.2 Å². The molecule has 0 aliphatic heterocycles. The summed E-state index contributed by atoms with van der Waals surface area (Å²) >= 11 is 0. The third kappa shape index (κ3) is 4.78. The van der Waals surface area contributed by atoms with E-state index in [0.29, 0.717) is 0 Å². The standard InChI is InChI=1S/C17H29N3/c1-5-11-20(13-14-8-9-14)16-15(7-6-10-18-16)12-19-17(2,3)4/h6-7,10,14,19H,5,8-9,11-13H2,1-4H3. The average molecular weight is 275 g/mol. The first-order valence-corrected chi connectivity index (χ1v) is 7.93. The van der Waals surface area contributed by atoms with Crippen molar-refractivity contribution in [1.82, 2.24) is 10.3 Å². The Bertz CT molecular complexity index is 418. The third-order valence-electron chi connectivity index (χ3n) is 3.65. The lowest BCUT2D eigenvalue weighted by atomic mass is 10.1. The largest absolute Gasteiger partial charge is 0.356 e. The van der Waals surface area contributed by atoms with Gasteiger partial charge in [0.1, 0.15) is 5.82 Å². The van der Waals surface area contributed by atoms with Crippen molar-refractivity contribution in [3.05, 3.63) is 23.9 Å². The van der Waals surface area contributed by atoms with Crippen LogP contribution in [-0.4, -0.2) is 23.6 Å². The van der Waals surface area contributed by atoms with Crippen molar-refractivity contribution in [1.29, 1.82) is 0 Å². The molecule has 2 rings (SSSR count). The molecule has 1 fully saturated rings. The second-order valence-corrected chi connectivity index (χ2v) is 6.98. The van der Waals surface area contributed by atoms with Crippen LogP contribution in [0.25, 0.3) is 0 Å². The van der Waals surface area contributed by atoms with Crippen LogP contribution in [0.15, 0.2) is 18.3 Å². The second kappa shape index (κ2) is 6.57. The molecular weight excluding hydrogens is 246 g/mol. The van der Waals surface area contributed by atoms with E-state index in [9.17, 15) is 0 Å². The lowest BCUT2D eigenvalue weighted by Gasteiger charge is -2.27. The van der Waals surface area contributed by atoms with Gasteiger partial charge in [0.2, 0.25) is 0 Å². The van der Waals surface area contributed by atoms with E-state index in [1.165, 1.54) is 37.2 Å². The SMILES string of the molecule is CCCN(CC1CC1)c1ncccc1CNC(C)(C)C. The Morgan fingerprint density at radius 2 is 2.10 bits per heavy atom. The van der Waals surface area contributed by atoms with Gasteiger partial charge in [-0.15, -0.1) is 0 Å². The van der Waals surface area contributed by atoms with Crippen molar-refractivity contribution in [2.45, 2.75) is 59.0 Å². The van der Waals surface area contributed by atoms with Crippen molar-refractivity contribution in [2.24, 2.45) is 5.92 Å². The Morgan fingerprint density at radius 3 is 2.70 bits per heavy atom. The minimum atomic E-state index is 0.138. The third-order valence-corrected chi connectivity index (χ3v) is 3.65. The molecule has 0 atom stereocenters. The average Bonchev–Trinajstić information content (AvgIpc) is 3.19. The van der Waals surface area contributed by atoms with Crippen molar-refractivity contribution >= 4 is 5.82 Å². The summed E-state index contributed by atoms with van der Waals surface area (Å²) in [5.41, 5.74) is 1.45. The Hall–Kier alpha value is -1.09. The predicted octanol–water partition coefficient (Wildman–Crippen LogP) is 3.60. The molecule has 1 heterocycles. The maximum atomic E-state index is 4.67. The van der Waals surface area contributed by atoms with Gasteiger partial charge in [-0.25, -0.2) is 4.98 Å². The molecule has 1 aliphatic carbocycles. The maximum Gasteiger partial charge on any atom is 0.133 e. The van der Waals surface area contributed by atoms with E-state index in [4.69, 9.17) is 0 Å². The smallest absolute Gasteiger partial charge is 0.133 e. The number of rotatable bonds is 7. The van der Waals surface area contributed by atoms with Gasteiger partial charge in [0, 0.05) is 36.9 Å². The molecule has 1 aliphatic rings. The van der Waals surface area contributed by atoms with Gasteiger partial charge in [-0.2, -0.15) is 0 Å². The first-order valence-electron chi connectivity index (χ1n) is 7.93. The Balaban J connectivity index is 2.10. The highest BCUT2D eigenvalue weighted by molar-refractivity contribution is 5.47. The molecule has 1 saturated carbocycles. The normalized spacial score (nSPS) is 15.4. The van der Waals surface area contributed by atoms with E-state index in [0.717, 1.165) is 19.0 Å². The molecule has 0 unspecified atom stereocenters. The molecule has 3 nitrogen and oxygen atoms in total. The predicted molar refractivity (Wildman–Crippen MR) is 86.1 cm³/mol. The van der Waals surface area contributed by atoms with Gasteiger partial charge in [0.15, 0.2) is 0 Å². The van der Waals surface area contributed by atoms with Crippen LogP contribution in [0.5, 0.6) is 0 Å². The fourth-order valence-electron chi connectivity index (χ4n) is 2.38. The van der Waals surface area contributed by atoms with Crippen LogP contribution in [-0.2, 0) is 6.54 Å². The highest BCUT2D eigenvalue weighted by Gasteiger charge is 2.25. The topological polar surface area (TPSA) is 28.2 Å². The number of anilines is 1. The van der Waals surface area contributed by atoms with Gasteiger partial charge in [-0.05, 0) is 52.0 Å². The summed E-state index contributed by atoms with van der Waals surface area (Å²) in [6.07, 6.45) is 5.88. The lowest BCUT2D eigenvalue weighted by molar-refractivity contribution is 0.424. The zero-order chi connectivity index (χ0) is 14.6. The monoisotopic (exact) mass is 275 g/mol. The molecule has 0 radical (unpaired) electrons. The van der Waals surface area contributed by atoms with E-state index in [1.54, 1.807) is 0 Å². The van der Waals surface area contributed by atoms with Gasteiger partial charge in [-0.1, -0.05) is 13.0 Å². The van der Waals surface area contributed by atoms with Crippen molar-refractivity contribution < 1.29 is 0 Å². The summed E-state index contributed by atoms with van der Waals surface area (Å²) in [5, 5.41) is 3.58. The Morgan fingerprint density at radius 1 is 1.35 bits per heavy atom.